The lowest BCUT2D eigenvalue weighted by atomic mass is 9.56. The molecule has 2 heterocycles. The molecule has 4 aliphatic rings. The van der Waals surface area contributed by atoms with Crippen molar-refractivity contribution in [3.63, 3.8) is 0 Å². The molecule has 2 saturated heterocycles. The fraction of sp³-hybridized carbons (Fsp3) is 0.889. The lowest BCUT2D eigenvalue weighted by Gasteiger charge is -2.52. The van der Waals surface area contributed by atoms with Crippen molar-refractivity contribution in [2.75, 3.05) is 13.2 Å². The summed E-state index contributed by atoms with van der Waals surface area (Å²) in [6.07, 6.45) is -12.3. The zero-order valence-corrected chi connectivity index (χ0v) is 23.3. The van der Waals surface area contributed by atoms with Crippen LogP contribution in [0.25, 0.3) is 0 Å². The molecule has 230 valence electrons. The third kappa shape index (κ3) is 5.71. The van der Waals surface area contributed by atoms with Gasteiger partial charge in [-0.3, -0.25) is 4.79 Å². The quantitative estimate of drug-likeness (QED) is 0.166. The molecule has 13 atom stereocenters. The molecular weight excluding hydrogens is 532 g/mol. The SMILES string of the molecule is CC1=C(O[C@@H]2O[C@H](CO)[C@@H](O)[C@H](O)[C@H]2O)C(=O)C[C@]2(C)CC[C@@H](C(C)(C)O[C@@H]3O[C@H](CO)[C@@H](O)[C@H](O)[C@H]3O)C[C@H]12. The Morgan fingerprint density at radius 3 is 1.95 bits per heavy atom. The van der Waals surface area contributed by atoms with E-state index in [1.54, 1.807) is 6.92 Å². The minimum atomic E-state index is -1.65. The number of carbonyl (C=O) groups is 1. The first-order valence-corrected chi connectivity index (χ1v) is 13.8. The highest BCUT2D eigenvalue weighted by atomic mass is 16.7. The molecule has 8 N–H and O–H groups in total. The summed E-state index contributed by atoms with van der Waals surface area (Å²) in [5.74, 6) is -0.486. The molecule has 2 aliphatic carbocycles. The second kappa shape index (κ2) is 11.8. The fourth-order valence-corrected chi connectivity index (χ4v) is 6.73. The lowest BCUT2D eigenvalue weighted by molar-refractivity contribution is -0.330. The largest absolute Gasteiger partial charge is 0.458 e. The molecule has 0 radical (unpaired) electrons. The highest BCUT2D eigenvalue weighted by molar-refractivity contribution is 5.95. The number of rotatable bonds is 7. The van der Waals surface area contributed by atoms with Crippen LogP contribution in [0.15, 0.2) is 11.3 Å². The molecule has 2 aliphatic heterocycles. The first kappa shape index (κ1) is 31.7. The maximum atomic E-state index is 13.2. The molecule has 0 spiro atoms. The maximum Gasteiger partial charge on any atom is 0.229 e. The first-order chi connectivity index (χ1) is 18.6. The van der Waals surface area contributed by atoms with Crippen LogP contribution in [0.2, 0.25) is 0 Å². The Bertz CT molecular complexity index is 951. The topological polar surface area (TPSA) is 216 Å². The molecule has 0 unspecified atom stereocenters. The van der Waals surface area contributed by atoms with Crippen LogP contribution in [0.4, 0.5) is 0 Å². The van der Waals surface area contributed by atoms with Crippen molar-refractivity contribution in [2.45, 2.75) is 120 Å². The fourth-order valence-electron chi connectivity index (χ4n) is 6.73. The number of aliphatic hydroxyl groups is 8. The van der Waals surface area contributed by atoms with Gasteiger partial charge in [0, 0.05) is 6.42 Å². The molecular formula is C27H44O13. The number of allylic oxidation sites excluding steroid dienone is 2. The molecule has 3 fully saturated rings. The van der Waals surface area contributed by atoms with Gasteiger partial charge in [0.05, 0.1) is 18.8 Å². The predicted molar refractivity (Wildman–Crippen MR) is 135 cm³/mol. The van der Waals surface area contributed by atoms with E-state index in [9.17, 15) is 45.6 Å². The molecule has 0 aromatic rings. The van der Waals surface area contributed by atoms with Crippen LogP contribution in [0, 0.1) is 17.3 Å². The van der Waals surface area contributed by atoms with Gasteiger partial charge in [0.15, 0.2) is 17.8 Å². The van der Waals surface area contributed by atoms with Crippen LogP contribution >= 0.6 is 0 Å². The van der Waals surface area contributed by atoms with Crippen LogP contribution in [0.3, 0.4) is 0 Å². The summed E-state index contributed by atoms with van der Waals surface area (Å²) < 4.78 is 23.0. The van der Waals surface area contributed by atoms with E-state index in [1.165, 1.54) is 0 Å². The van der Waals surface area contributed by atoms with Crippen LogP contribution in [0.1, 0.15) is 53.4 Å². The third-order valence-corrected chi connectivity index (χ3v) is 9.46. The molecule has 0 aromatic carbocycles. The van der Waals surface area contributed by atoms with Crippen LogP contribution in [-0.4, -0.2) is 127 Å². The Hall–Kier alpha value is -1.23. The van der Waals surface area contributed by atoms with Gasteiger partial charge in [-0.2, -0.15) is 0 Å². The molecule has 4 rings (SSSR count). The van der Waals surface area contributed by atoms with Gasteiger partial charge in [-0.05, 0) is 62.9 Å². The minimum Gasteiger partial charge on any atom is -0.458 e. The van der Waals surface area contributed by atoms with Crippen molar-refractivity contribution in [2.24, 2.45) is 17.3 Å². The summed E-state index contributed by atoms with van der Waals surface area (Å²) in [6, 6.07) is 0. The monoisotopic (exact) mass is 576 g/mol. The number of ketones is 1. The van der Waals surface area contributed by atoms with Gasteiger partial charge >= 0.3 is 0 Å². The van der Waals surface area contributed by atoms with Gasteiger partial charge in [-0.25, -0.2) is 0 Å². The number of ether oxygens (including phenoxy) is 4. The van der Waals surface area contributed by atoms with Gasteiger partial charge in [0.2, 0.25) is 6.29 Å². The number of fused-ring (bicyclic) bond motifs is 1. The predicted octanol–water partition coefficient (Wildman–Crippen LogP) is -1.93. The number of hydrogen-bond acceptors (Lipinski definition) is 13. The lowest BCUT2D eigenvalue weighted by Crippen LogP contribution is -2.61. The van der Waals surface area contributed by atoms with E-state index in [2.05, 4.69) is 0 Å². The van der Waals surface area contributed by atoms with Crippen molar-refractivity contribution in [3.05, 3.63) is 11.3 Å². The number of Topliss-reactive ketones (excluding diaryl/α,β-unsaturated/α-hetero) is 1. The average molecular weight is 577 g/mol. The Balaban J connectivity index is 1.53. The summed E-state index contributed by atoms with van der Waals surface area (Å²) >= 11 is 0. The van der Waals surface area contributed by atoms with Crippen LogP contribution in [0.5, 0.6) is 0 Å². The van der Waals surface area contributed by atoms with Crippen molar-refractivity contribution < 1.29 is 64.6 Å². The van der Waals surface area contributed by atoms with Crippen LogP contribution < -0.4 is 0 Å². The molecule has 1 saturated carbocycles. The highest BCUT2D eigenvalue weighted by Gasteiger charge is 2.53. The van der Waals surface area contributed by atoms with Crippen molar-refractivity contribution in [3.8, 4) is 0 Å². The van der Waals surface area contributed by atoms with E-state index >= 15 is 0 Å². The van der Waals surface area contributed by atoms with Crippen LogP contribution in [-0.2, 0) is 23.7 Å². The molecule has 40 heavy (non-hydrogen) atoms. The van der Waals surface area contributed by atoms with E-state index in [0.29, 0.717) is 24.8 Å². The number of hydrogen-bond donors (Lipinski definition) is 8. The second-order valence-electron chi connectivity index (χ2n) is 12.5. The maximum absolute atomic E-state index is 13.2. The average Bonchev–Trinajstić information content (AvgIpc) is 2.90. The summed E-state index contributed by atoms with van der Waals surface area (Å²) in [6.45, 7) is 6.28. The zero-order valence-electron chi connectivity index (χ0n) is 23.3. The number of aliphatic hydroxyl groups excluding tert-OH is 8. The van der Waals surface area contributed by atoms with E-state index in [4.69, 9.17) is 18.9 Å². The molecule has 0 amide bonds. The van der Waals surface area contributed by atoms with E-state index < -0.39 is 80.2 Å². The Morgan fingerprint density at radius 1 is 0.875 bits per heavy atom. The zero-order chi connectivity index (χ0) is 29.7. The second-order valence-corrected chi connectivity index (χ2v) is 12.5. The first-order valence-electron chi connectivity index (χ1n) is 13.8. The van der Waals surface area contributed by atoms with Gasteiger partial charge < -0.3 is 59.8 Å². The van der Waals surface area contributed by atoms with Crippen molar-refractivity contribution in [1.29, 1.82) is 0 Å². The normalized spacial score (nSPS) is 46.8. The Kier molecular flexibility index (Phi) is 9.36. The van der Waals surface area contributed by atoms with Gasteiger partial charge in [-0.15, -0.1) is 0 Å². The van der Waals surface area contributed by atoms with E-state index in [1.807, 2.05) is 20.8 Å². The summed E-state index contributed by atoms with van der Waals surface area (Å²) in [5, 5.41) is 80.4. The number of carbonyl (C=O) groups excluding carboxylic acids is 1. The smallest absolute Gasteiger partial charge is 0.229 e. The van der Waals surface area contributed by atoms with Crippen molar-refractivity contribution in [1.82, 2.24) is 0 Å². The van der Waals surface area contributed by atoms with E-state index in [-0.39, 0.29) is 35.2 Å². The van der Waals surface area contributed by atoms with Gasteiger partial charge in [0.25, 0.3) is 0 Å². The summed E-state index contributed by atoms with van der Waals surface area (Å²) in [4.78, 5) is 13.2. The summed E-state index contributed by atoms with van der Waals surface area (Å²) in [7, 11) is 0. The minimum absolute atomic E-state index is 0.0140. The van der Waals surface area contributed by atoms with Gasteiger partial charge in [-0.1, -0.05) is 6.92 Å². The highest BCUT2D eigenvalue weighted by Crippen LogP contribution is 2.55. The van der Waals surface area contributed by atoms with E-state index in [0.717, 1.165) is 0 Å². The Morgan fingerprint density at radius 2 is 1.40 bits per heavy atom. The third-order valence-electron chi connectivity index (χ3n) is 9.46. The molecule has 13 nitrogen and oxygen atoms in total. The molecule has 13 heteroatoms. The summed E-state index contributed by atoms with van der Waals surface area (Å²) in [5.41, 5.74) is -0.613. The van der Waals surface area contributed by atoms with Gasteiger partial charge in [0.1, 0.15) is 48.8 Å². The molecule has 0 aromatic heterocycles. The molecule has 0 bridgehead atoms. The Labute approximate surface area is 232 Å². The standard InChI is InChI=1S/C27H44O13/c1-11-13-7-12(26(2,3)40-25-22(36)20(34)18(32)16(10-29)38-25)5-6-27(13,4)8-14(30)23(11)39-24-21(35)19(33)17(31)15(9-28)37-24/h12-13,15-22,24-25,28-29,31-36H,5-10H2,1-4H3/t12-,13-,15-,16-,17-,18-,19+,20+,21-,22-,24+,25+,27+/m1/s1. The van der Waals surface area contributed by atoms with Crippen molar-refractivity contribution >= 4 is 5.78 Å².